The Balaban J connectivity index is 1.76. The highest BCUT2D eigenvalue weighted by Gasteiger charge is 2.24. The zero-order chi connectivity index (χ0) is 20.4. The molecule has 3 heterocycles. The van der Waals surface area contributed by atoms with Crippen LogP contribution >= 0.6 is 0 Å². The Morgan fingerprint density at radius 2 is 1.59 bits per heavy atom. The zero-order valence-electron chi connectivity index (χ0n) is 15.7. The second-order valence-electron chi connectivity index (χ2n) is 6.42. The van der Waals surface area contributed by atoms with Crippen molar-refractivity contribution in [1.29, 1.82) is 0 Å². The fraction of sp³-hybridized carbons (Fsp3) is 0.100. The lowest BCUT2D eigenvalue weighted by Gasteiger charge is -2.11. The van der Waals surface area contributed by atoms with E-state index in [0.29, 0.717) is 11.5 Å². The van der Waals surface area contributed by atoms with Gasteiger partial charge in [0.1, 0.15) is 12.1 Å². The normalized spacial score (nSPS) is 10.7. The lowest BCUT2D eigenvalue weighted by Crippen LogP contribution is -2.06. The molecule has 9 heteroatoms. The van der Waals surface area contributed by atoms with E-state index in [1.807, 2.05) is 56.3 Å². The predicted molar refractivity (Wildman–Crippen MR) is 111 cm³/mol. The summed E-state index contributed by atoms with van der Waals surface area (Å²) in [6.07, 6.45) is 1.26. The number of pyridine rings is 2. The largest absolute Gasteiger partial charge is 0.353 e. The van der Waals surface area contributed by atoms with Crippen molar-refractivity contribution in [3.63, 3.8) is 0 Å². The first-order valence-electron chi connectivity index (χ1n) is 8.85. The number of nitrogens with one attached hydrogen (secondary N) is 2. The minimum atomic E-state index is -0.520. The summed E-state index contributed by atoms with van der Waals surface area (Å²) in [4.78, 5) is 28.2. The van der Waals surface area contributed by atoms with Crippen LogP contribution in [0.5, 0.6) is 0 Å². The predicted octanol–water partition coefficient (Wildman–Crippen LogP) is 4.43. The molecule has 0 unspecified atom stereocenters. The Hall–Kier alpha value is -4.14. The standard InChI is InChI=1S/C20H17N7O2/c1-12-5-3-8-17(24-12)26-20-18(27(28)29)19(21-11-22-20)25-16-7-4-6-15-14(16)10-9-13(2)23-15/h3-11H,1-2H3,(H2,21,22,24,25,26). The molecule has 1 aromatic carbocycles. The molecule has 144 valence electrons. The van der Waals surface area contributed by atoms with E-state index in [4.69, 9.17) is 0 Å². The van der Waals surface area contributed by atoms with E-state index in [1.165, 1.54) is 6.33 Å². The van der Waals surface area contributed by atoms with Gasteiger partial charge in [-0.25, -0.2) is 15.0 Å². The number of fused-ring (bicyclic) bond motifs is 1. The molecule has 0 fully saturated rings. The van der Waals surface area contributed by atoms with E-state index in [0.717, 1.165) is 22.3 Å². The Morgan fingerprint density at radius 3 is 2.34 bits per heavy atom. The van der Waals surface area contributed by atoms with Gasteiger partial charge in [-0.15, -0.1) is 0 Å². The Bertz CT molecular complexity index is 1230. The van der Waals surface area contributed by atoms with E-state index in [2.05, 4.69) is 30.6 Å². The molecule has 4 rings (SSSR count). The van der Waals surface area contributed by atoms with Crippen LogP contribution in [-0.2, 0) is 0 Å². The maximum absolute atomic E-state index is 11.8. The lowest BCUT2D eigenvalue weighted by atomic mass is 10.1. The van der Waals surface area contributed by atoms with Gasteiger partial charge in [-0.2, -0.15) is 0 Å². The average molecular weight is 387 g/mol. The molecule has 0 saturated heterocycles. The van der Waals surface area contributed by atoms with Gasteiger partial charge in [-0.3, -0.25) is 15.1 Å². The minimum absolute atomic E-state index is 0.0554. The maximum Gasteiger partial charge on any atom is 0.353 e. The first-order chi connectivity index (χ1) is 14.0. The maximum atomic E-state index is 11.8. The molecule has 0 radical (unpaired) electrons. The average Bonchev–Trinajstić information content (AvgIpc) is 2.68. The van der Waals surface area contributed by atoms with E-state index in [1.54, 1.807) is 6.07 Å². The minimum Gasteiger partial charge on any atom is -0.334 e. The summed E-state index contributed by atoms with van der Waals surface area (Å²) in [6, 6.07) is 14.7. The van der Waals surface area contributed by atoms with E-state index >= 15 is 0 Å². The van der Waals surface area contributed by atoms with Crippen molar-refractivity contribution < 1.29 is 4.92 Å². The highest BCUT2D eigenvalue weighted by Crippen LogP contribution is 2.34. The quantitative estimate of drug-likeness (QED) is 0.381. The zero-order valence-corrected chi connectivity index (χ0v) is 15.7. The van der Waals surface area contributed by atoms with Crippen LogP contribution in [0.2, 0.25) is 0 Å². The van der Waals surface area contributed by atoms with Crippen LogP contribution < -0.4 is 10.6 Å². The molecule has 0 spiro atoms. The first kappa shape index (κ1) is 18.2. The second kappa shape index (κ2) is 7.47. The third-order valence-corrected chi connectivity index (χ3v) is 4.26. The van der Waals surface area contributed by atoms with Crippen LogP contribution in [0.4, 0.5) is 28.8 Å². The van der Waals surface area contributed by atoms with Gasteiger partial charge in [0.2, 0.25) is 11.6 Å². The van der Waals surface area contributed by atoms with Gasteiger partial charge in [0, 0.05) is 22.5 Å². The summed E-state index contributed by atoms with van der Waals surface area (Å²) in [6.45, 7) is 3.74. The molecule has 29 heavy (non-hydrogen) atoms. The lowest BCUT2D eigenvalue weighted by molar-refractivity contribution is -0.383. The topological polar surface area (TPSA) is 119 Å². The van der Waals surface area contributed by atoms with Gasteiger partial charge in [0.15, 0.2) is 0 Å². The Labute approximate surface area is 166 Å². The number of nitro groups is 1. The monoisotopic (exact) mass is 387 g/mol. The highest BCUT2D eigenvalue weighted by molar-refractivity contribution is 5.94. The van der Waals surface area contributed by atoms with Crippen molar-refractivity contribution in [2.45, 2.75) is 13.8 Å². The SMILES string of the molecule is Cc1cccc(Nc2ncnc(Nc3cccc4nc(C)ccc34)c2[N+](=O)[O-])n1. The molecule has 3 aromatic heterocycles. The fourth-order valence-electron chi connectivity index (χ4n) is 2.96. The van der Waals surface area contributed by atoms with Crippen LogP contribution in [0, 0.1) is 24.0 Å². The molecule has 2 N–H and O–H groups in total. The van der Waals surface area contributed by atoms with Crippen LogP contribution in [-0.4, -0.2) is 24.9 Å². The van der Waals surface area contributed by atoms with Gasteiger partial charge < -0.3 is 10.6 Å². The van der Waals surface area contributed by atoms with Crippen molar-refractivity contribution in [2.75, 3.05) is 10.6 Å². The van der Waals surface area contributed by atoms with Crippen LogP contribution in [0.25, 0.3) is 10.9 Å². The molecular formula is C20H17N7O2. The third-order valence-electron chi connectivity index (χ3n) is 4.26. The van der Waals surface area contributed by atoms with E-state index in [-0.39, 0.29) is 17.3 Å². The second-order valence-corrected chi connectivity index (χ2v) is 6.42. The van der Waals surface area contributed by atoms with Crippen LogP contribution in [0.1, 0.15) is 11.4 Å². The van der Waals surface area contributed by atoms with Crippen LogP contribution in [0.15, 0.2) is 54.9 Å². The Morgan fingerprint density at radius 1 is 0.862 bits per heavy atom. The van der Waals surface area contributed by atoms with Gasteiger partial charge in [0.05, 0.1) is 10.4 Å². The number of benzene rings is 1. The number of anilines is 4. The number of hydrogen-bond acceptors (Lipinski definition) is 8. The van der Waals surface area contributed by atoms with Crippen molar-refractivity contribution in [1.82, 2.24) is 19.9 Å². The number of aromatic nitrogens is 4. The summed E-state index contributed by atoms with van der Waals surface area (Å²) >= 11 is 0. The molecule has 0 aliphatic heterocycles. The summed E-state index contributed by atoms with van der Waals surface area (Å²) in [7, 11) is 0. The van der Waals surface area contributed by atoms with E-state index in [9.17, 15) is 10.1 Å². The molecule has 0 amide bonds. The molecule has 0 aliphatic rings. The van der Waals surface area contributed by atoms with Crippen molar-refractivity contribution in [3.05, 3.63) is 76.4 Å². The van der Waals surface area contributed by atoms with Gasteiger partial charge >= 0.3 is 5.69 Å². The summed E-state index contributed by atoms with van der Waals surface area (Å²) < 4.78 is 0. The Kier molecular flexibility index (Phi) is 4.70. The number of aryl methyl sites for hydroxylation is 2. The highest BCUT2D eigenvalue weighted by atomic mass is 16.6. The molecular weight excluding hydrogens is 370 g/mol. The number of rotatable bonds is 5. The van der Waals surface area contributed by atoms with Gasteiger partial charge in [-0.05, 0) is 50.2 Å². The number of nitrogens with zero attached hydrogens (tertiary/aromatic N) is 5. The van der Waals surface area contributed by atoms with Crippen molar-refractivity contribution in [3.8, 4) is 0 Å². The van der Waals surface area contributed by atoms with E-state index < -0.39 is 4.92 Å². The van der Waals surface area contributed by atoms with Gasteiger partial charge in [0.25, 0.3) is 0 Å². The fourth-order valence-corrected chi connectivity index (χ4v) is 2.96. The third kappa shape index (κ3) is 3.79. The molecule has 0 atom stereocenters. The smallest absolute Gasteiger partial charge is 0.334 e. The summed E-state index contributed by atoms with van der Waals surface area (Å²) in [5, 5.41) is 18.6. The molecule has 9 nitrogen and oxygen atoms in total. The molecule has 0 bridgehead atoms. The number of hydrogen-bond donors (Lipinski definition) is 2. The van der Waals surface area contributed by atoms with Gasteiger partial charge in [-0.1, -0.05) is 12.1 Å². The molecule has 0 aliphatic carbocycles. The molecule has 0 saturated carbocycles. The summed E-state index contributed by atoms with van der Waals surface area (Å²) in [5.74, 6) is 0.593. The van der Waals surface area contributed by atoms with Crippen molar-refractivity contribution in [2.24, 2.45) is 0 Å². The first-order valence-corrected chi connectivity index (χ1v) is 8.85. The summed E-state index contributed by atoms with van der Waals surface area (Å²) in [5.41, 5.74) is 2.85. The van der Waals surface area contributed by atoms with Crippen LogP contribution in [0.3, 0.4) is 0 Å². The van der Waals surface area contributed by atoms with Crippen molar-refractivity contribution >= 4 is 39.7 Å². The molecule has 4 aromatic rings.